The minimum absolute atomic E-state index is 0.132. The summed E-state index contributed by atoms with van der Waals surface area (Å²) in [6.07, 6.45) is 3.83. The minimum Gasteiger partial charge on any atom is -0.308 e. The van der Waals surface area contributed by atoms with Gasteiger partial charge in [0.15, 0.2) is 0 Å². The van der Waals surface area contributed by atoms with E-state index in [1.807, 2.05) is 6.07 Å². The fourth-order valence-electron chi connectivity index (χ4n) is 3.82. The summed E-state index contributed by atoms with van der Waals surface area (Å²) >= 11 is 0. The van der Waals surface area contributed by atoms with Crippen LogP contribution in [0.25, 0.3) is 0 Å². The molecule has 1 saturated heterocycles. The molecule has 2 aliphatic rings. The first kappa shape index (κ1) is 15.0. The average molecular weight is 290 g/mol. The maximum Gasteiger partial charge on any atom is 0.123 e. The SMILES string of the molecule is CCC1CNC(C)(C2CC2)CN1C(C)c1cccc(F)c1. The third-order valence-corrected chi connectivity index (χ3v) is 5.50. The molecule has 0 spiro atoms. The number of piperazine rings is 1. The van der Waals surface area contributed by atoms with Crippen LogP contribution in [0.5, 0.6) is 0 Å². The predicted octanol–water partition coefficient (Wildman–Crippen LogP) is 3.74. The van der Waals surface area contributed by atoms with E-state index in [1.165, 1.54) is 18.9 Å². The molecule has 0 aromatic heterocycles. The topological polar surface area (TPSA) is 15.3 Å². The third-order valence-electron chi connectivity index (χ3n) is 5.50. The molecule has 1 heterocycles. The Morgan fingerprint density at radius 2 is 2.19 bits per heavy atom. The predicted molar refractivity (Wildman–Crippen MR) is 84.7 cm³/mol. The Morgan fingerprint density at radius 1 is 1.43 bits per heavy atom. The summed E-state index contributed by atoms with van der Waals surface area (Å²) in [5.74, 6) is 0.685. The summed E-state index contributed by atoms with van der Waals surface area (Å²) in [6, 6.07) is 7.90. The number of hydrogen-bond donors (Lipinski definition) is 1. The quantitative estimate of drug-likeness (QED) is 0.909. The van der Waals surface area contributed by atoms with Gasteiger partial charge in [0.05, 0.1) is 0 Å². The van der Waals surface area contributed by atoms with Gasteiger partial charge >= 0.3 is 0 Å². The molecule has 1 saturated carbocycles. The normalized spacial score (nSPS) is 32.1. The molecule has 1 N–H and O–H groups in total. The van der Waals surface area contributed by atoms with Crippen molar-refractivity contribution in [2.75, 3.05) is 13.1 Å². The molecule has 1 aliphatic carbocycles. The van der Waals surface area contributed by atoms with Crippen LogP contribution in [0.2, 0.25) is 0 Å². The molecular weight excluding hydrogens is 263 g/mol. The summed E-state index contributed by atoms with van der Waals surface area (Å²) in [5.41, 5.74) is 1.32. The van der Waals surface area contributed by atoms with E-state index in [0.29, 0.717) is 6.04 Å². The lowest BCUT2D eigenvalue weighted by Gasteiger charge is -2.49. The molecule has 3 heteroatoms. The molecule has 1 aromatic carbocycles. The first-order valence-electron chi connectivity index (χ1n) is 8.29. The minimum atomic E-state index is -0.132. The zero-order valence-electron chi connectivity index (χ0n) is 13.4. The first-order chi connectivity index (χ1) is 10.0. The highest BCUT2D eigenvalue weighted by Crippen LogP contribution is 2.43. The van der Waals surface area contributed by atoms with Crippen molar-refractivity contribution >= 4 is 0 Å². The summed E-state index contributed by atoms with van der Waals surface area (Å²) in [6.45, 7) is 8.94. The van der Waals surface area contributed by atoms with Gasteiger partial charge in [-0.1, -0.05) is 19.1 Å². The van der Waals surface area contributed by atoms with E-state index in [1.54, 1.807) is 6.07 Å². The number of nitrogens with zero attached hydrogens (tertiary/aromatic N) is 1. The van der Waals surface area contributed by atoms with E-state index in [-0.39, 0.29) is 17.4 Å². The molecule has 0 bridgehead atoms. The van der Waals surface area contributed by atoms with Crippen molar-refractivity contribution in [2.45, 2.75) is 57.7 Å². The van der Waals surface area contributed by atoms with Crippen LogP contribution in [0.1, 0.15) is 51.6 Å². The highest BCUT2D eigenvalue weighted by atomic mass is 19.1. The number of nitrogens with one attached hydrogen (secondary N) is 1. The van der Waals surface area contributed by atoms with Crippen LogP contribution in [0.4, 0.5) is 4.39 Å². The standard InChI is InChI=1S/C18H27FN2/c1-4-17-11-20-18(3,15-8-9-15)12-21(17)13(2)14-6-5-7-16(19)10-14/h5-7,10,13,15,17,20H,4,8-9,11-12H2,1-3H3. The molecule has 0 amide bonds. The molecule has 1 aromatic rings. The van der Waals surface area contributed by atoms with Crippen molar-refractivity contribution in [1.82, 2.24) is 10.2 Å². The number of benzene rings is 1. The number of halogens is 1. The lowest BCUT2D eigenvalue weighted by molar-refractivity contribution is 0.0418. The van der Waals surface area contributed by atoms with E-state index in [9.17, 15) is 4.39 Å². The van der Waals surface area contributed by atoms with Crippen LogP contribution in [-0.4, -0.2) is 29.6 Å². The van der Waals surface area contributed by atoms with Crippen molar-refractivity contribution in [3.05, 3.63) is 35.6 Å². The van der Waals surface area contributed by atoms with E-state index in [2.05, 4.69) is 37.1 Å². The van der Waals surface area contributed by atoms with E-state index in [4.69, 9.17) is 0 Å². The van der Waals surface area contributed by atoms with Crippen molar-refractivity contribution < 1.29 is 4.39 Å². The van der Waals surface area contributed by atoms with Gasteiger partial charge in [0.2, 0.25) is 0 Å². The van der Waals surface area contributed by atoms with E-state index >= 15 is 0 Å². The molecule has 1 aliphatic heterocycles. The highest BCUT2D eigenvalue weighted by molar-refractivity contribution is 5.21. The molecule has 116 valence electrons. The summed E-state index contributed by atoms with van der Waals surface area (Å²) in [4.78, 5) is 2.59. The molecule has 21 heavy (non-hydrogen) atoms. The Labute approximate surface area is 127 Å². The zero-order chi connectivity index (χ0) is 15.0. The summed E-state index contributed by atoms with van der Waals surface area (Å²) < 4.78 is 13.5. The fraction of sp³-hybridized carbons (Fsp3) is 0.667. The molecule has 0 radical (unpaired) electrons. The van der Waals surface area contributed by atoms with Crippen LogP contribution in [0.15, 0.2) is 24.3 Å². The first-order valence-corrected chi connectivity index (χ1v) is 8.29. The lowest BCUT2D eigenvalue weighted by Crippen LogP contribution is -2.64. The van der Waals surface area contributed by atoms with Crippen LogP contribution >= 0.6 is 0 Å². The monoisotopic (exact) mass is 290 g/mol. The molecule has 3 rings (SSSR count). The summed E-state index contributed by atoms with van der Waals surface area (Å²) in [7, 11) is 0. The second-order valence-corrected chi connectivity index (χ2v) is 7.04. The van der Waals surface area contributed by atoms with Gasteiger partial charge < -0.3 is 5.32 Å². The smallest absolute Gasteiger partial charge is 0.123 e. The molecule has 2 fully saturated rings. The molecular formula is C18H27FN2. The van der Waals surface area contributed by atoms with Gasteiger partial charge in [-0.25, -0.2) is 4.39 Å². The fourth-order valence-corrected chi connectivity index (χ4v) is 3.82. The summed E-state index contributed by atoms with van der Waals surface area (Å²) in [5, 5.41) is 3.79. The molecule has 3 unspecified atom stereocenters. The number of hydrogen-bond acceptors (Lipinski definition) is 2. The molecule has 3 atom stereocenters. The third kappa shape index (κ3) is 3.00. The zero-order valence-corrected chi connectivity index (χ0v) is 13.4. The molecule has 2 nitrogen and oxygen atoms in total. The van der Waals surface area contributed by atoms with Gasteiger partial charge in [0, 0.05) is 30.7 Å². The highest BCUT2D eigenvalue weighted by Gasteiger charge is 2.46. The van der Waals surface area contributed by atoms with Gasteiger partial charge in [-0.2, -0.15) is 0 Å². The second-order valence-electron chi connectivity index (χ2n) is 7.04. The maximum absolute atomic E-state index is 13.5. The van der Waals surface area contributed by atoms with Crippen LogP contribution < -0.4 is 5.32 Å². The van der Waals surface area contributed by atoms with Crippen molar-refractivity contribution in [3.8, 4) is 0 Å². The van der Waals surface area contributed by atoms with Gasteiger partial charge in [0.1, 0.15) is 5.82 Å². The van der Waals surface area contributed by atoms with E-state index in [0.717, 1.165) is 31.0 Å². The van der Waals surface area contributed by atoms with Crippen LogP contribution in [0, 0.1) is 11.7 Å². The Morgan fingerprint density at radius 3 is 2.81 bits per heavy atom. The van der Waals surface area contributed by atoms with Gasteiger partial charge in [-0.05, 0) is 56.7 Å². The lowest BCUT2D eigenvalue weighted by atomic mass is 9.88. The Kier molecular flexibility index (Phi) is 4.06. The second kappa shape index (κ2) is 5.69. The van der Waals surface area contributed by atoms with Crippen molar-refractivity contribution in [1.29, 1.82) is 0 Å². The van der Waals surface area contributed by atoms with Gasteiger partial charge in [0.25, 0.3) is 0 Å². The average Bonchev–Trinajstić information content (AvgIpc) is 3.31. The Balaban J connectivity index is 1.82. The van der Waals surface area contributed by atoms with Gasteiger partial charge in [-0.15, -0.1) is 0 Å². The van der Waals surface area contributed by atoms with Gasteiger partial charge in [-0.3, -0.25) is 4.90 Å². The Hall–Kier alpha value is -0.930. The largest absolute Gasteiger partial charge is 0.308 e. The maximum atomic E-state index is 13.5. The van der Waals surface area contributed by atoms with Crippen molar-refractivity contribution in [2.24, 2.45) is 5.92 Å². The Bertz CT molecular complexity index is 500. The van der Waals surface area contributed by atoms with E-state index < -0.39 is 0 Å². The number of rotatable bonds is 4. The van der Waals surface area contributed by atoms with Crippen molar-refractivity contribution in [3.63, 3.8) is 0 Å². The van der Waals surface area contributed by atoms with Crippen LogP contribution in [-0.2, 0) is 0 Å². The van der Waals surface area contributed by atoms with Crippen LogP contribution in [0.3, 0.4) is 0 Å².